The molecule has 0 saturated heterocycles. The van der Waals surface area contributed by atoms with Gasteiger partial charge in [-0.2, -0.15) is 0 Å². The first kappa shape index (κ1) is 9.54. The number of aromatic nitrogens is 2. The van der Waals surface area contributed by atoms with Crippen LogP contribution in [0.2, 0.25) is 0 Å². The molecule has 1 aliphatic carbocycles. The maximum Gasteiger partial charge on any atom is 0.0909 e. The van der Waals surface area contributed by atoms with Gasteiger partial charge in [0.1, 0.15) is 0 Å². The lowest BCUT2D eigenvalue weighted by molar-refractivity contribution is 0.156. The van der Waals surface area contributed by atoms with Gasteiger partial charge in [-0.3, -0.25) is 9.97 Å². The van der Waals surface area contributed by atoms with E-state index in [0.717, 1.165) is 41.4 Å². The van der Waals surface area contributed by atoms with E-state index in [0.29, 0.717) is 5.69 Å². The molecule has 4 heteroatoms. The number of pyridine rings is 2. The van der Waals surface area contributed by atoms with Crippen LogP contribution in [0.1, 0.15) is 30.2 Å². The van der Waals surface area contributed by atoms with Gasteiger partial charge in [-0.25, -0.2) is 0 Å². The SMILES string of the molecule is Nc1c2c(nc3cnccc13)CCCC2O. The molecule has 3 N–H and O–H groups in total. The van der Waals surface area contributed by atoms with E-state index in [9.17, 15) is 5.11 Å². The summed E-state index contributed by atoms with van der Waals surface area (Å²) in [5.74, 6) is 0. The van der Waals surface area contributed by atoms with Gasteiger partial charge in [0.15, 0.2) is 0 Å². The number of anilines is 1. The number of aliphatic hydroxyl groups excluding tert-OH is 1. The second-order valence-corrected chi connectivity index (χ2v) is 4.19. The molecule has 0 amide bonds. The molecule has 4 nitrogen and oxygen atoms in total. The summed E-state index contributed by atoms with van der Waals surface area (Å²) in [7, 11) is 0. The van der Waals surface area contributed by atoms with Crippen molar-refractivity contribution in [1.82, 2.24) is 9.97 Å². The molecule has 2 aromatic rings. The second-order valence-electron chi connectivity index (χ2n) is 4.19. The molecule has 0 bridgehead atoms. The number of nitrogens with zero attached hydrogens (tertiary/aromatic N) is 2. The Morgan fingerprint density at radius 1 is 1.44 bits per heavy atom. The predicted molar refractivity (Wildman–Crippen MR) is 61.8 cm³/mol. The molecular weight excluding hydrogens is 202 g/mol. The van der Waals surface area contributed by atoms with E-state index in [-0.39, 0.29) is 0 Å². The molecule has 0 fully saturated rings. The monoisotopic (exact) mass is 215 g/mol. The van der Waals surface area contributed by atoms with E-state index in [1.165, 1.54) is 0 Å². The minimum atomic E-state index is -0.464. The molecule has 3 rings (SSSR count). The predicted octanol–water partition coefficient (Wildman–Crippen LogP) is 1.58. The molecule has 2 heterocycles. The minimum Gasteiger partial charge on any atom is -0.398 e. The van der Waals surface area contributed by atoms with Gasteiger partial charge in [0.25, 0.3) is 0 Å². The Morgan fingerprint density at radius 2 is 2.31 bits per heavy atom. The van der Waals surface area contributed by atoms with Crippen LogP contribution < -0.4 is 5.73 Å². The van der Waals surface area contributed by atoms with Crippen molar-refractivity contribution in [3.05, 3.63) is 29.7 Å². The number of nitrogen functional groups attached to an aromatic ring is 1. The molecule has 82 valence electrons. The number of aryl methyl sites for hydroxylation is 1. The Balaban J connectivity index is 2.36. The topological polar surface area (TPSA) is 72.0 Å². The quantitative estimate of drug-likeness (QED) is 0.699. The van der Waals surface area contributed by atoms with Gasteiger partial charge in [0, 0.05) is 28.5 Å². The lowest BCUT2D eigenvalue weighted by Crippen LogP contribution is -2.14. The van der Waals surface area contributed by atoms with Crippen molar-refractivity contribution in [2.24, 2.45) is 0 Å². The largest absolute Gasteiger partial charge is 0.398 e. The van der Waals surface area contributed by atoms with Crippen LogP contribution in [0.25, 0.3) is 10.9 Å². The first-order valence-corrected chi connectivity index (χ1v) is 5.47. The van der Waals surface area contributed by atoms with Crippen LogP contribution >= 0.6 is 0 Å². The van der Waals surface area contributed by atoms with E-state index in [1.54, 1.807) is 12.4 Å². The molecule has 0 saturated carbocycles. The Hall–Kier alpha value is -1.68. The average molecular weight is 215 g/mol. The summed E-state index contributed by atoms with van der Waals surface area (Å²) >= 11 is 0. The van der Waals surface area contributed by atoms with Gasteiger partial charge < -0.3 is 10.8 Å². The van der Waals surface area contributed by atoms with Crippen LogP contribution in [0.15, 0.2) is 18.5 Å². The summed E-state index contributed by atoms with van der Waals surface area (Å²) in [6.45, 7) is 0. The van der Waals surface area contributed by atoms with Crippen LogP contribution in [-0.4, -0.2) is 15.1 Å². The standard InChI is InChI=1S/C12H13N3O/c13-12-7-4-5-14-6-9(7)15-8-2-1-3-10(16)11(8)12/h4-6,10,16H,1-3H2,(H2,13,15). The Morgan fingerprint density at radius 3 is 3.19 bits per heavy atom. The fourth-order valence-electron chi connectivity index (χ4n) is 2.38. The van der Waals surface area contributed by atoms with Gasteiger partial charge in [0.2, 0.25) is 0 Å². The normalized spacial score (nSPS) is 19.7. The van der Waals surface area contributed by atoms with Crippen molar-refractivity contribution in [1.29, 1.82) is 0 Å². The van der Waals surface area contributed by atoms with Crippen LogP contribution in [0.4, 0.5) is 5.69 Å². The third-order valence-electron chi connectivity index (χ3n) is 3.17. The fraction of sp³-hybridized carbons (Fsp3) is 0.333. The highest BCUT2D eigenvalue weighted by Gasteiger charge is 2.23. The zero-order valence-corrected chi connectivity index (χ0v) is 8.85. The van der Waals surface area contributed by atoms with Crippen molar-refractivity contribution in [3.8, 4) is 0 Å². The first-order valence-electron chi connectivity index (χ1n) is 5.47. The highest BCUT2D eigenvalue weighted by molar-refractivity contribution is 5.91. The zero-order chi connectivity index (χ0) is 11.1. The number of aliphatic hydroxyl groups is 1. The summed E-state index contributed by atoms with van der Waals surface area (Å²) in [5.41, 5.74) is 9.33. The molecule has 1 atom stereocenters. The van der Waals surface area contributed by atoms with Gasteiger partial charge >= 0.3 is 0 Å². The number of rotatable bonds is 0. The van der Waals surface area contributed by atoms with Crippen LogP contribution in [0.3, 0.4) is 0 Å². The summed E-state index contributed by atoms with van der Waals surface area (Å²) < 4.78 is 0. The molecule has 16 heavy (non-hydrogen) atoms. The van der Waals surface area contributed by atoms with Crippen molar-refractivity contribution in [2.75, 3.05) is 5.73 Å². The van der Waals surface area contributed by atoms with E-state index >= 15 is 0 Å². The third-order valence-corrected chi connectivity index (χ3v) is 3.17. The minimum absolute atomic E-state index is 0.464. The summed E-state index contributed by atoms with van der Waals surface area (Å²) in [4.78, 5) is 8.57. The van der Waals surface area contributed by atoms with Crippen LogP contribution in [0.5, 0.6) is 0 Å². The number of nitrogens with two attached hydrogens (primary N) is 1. The molecule has 0 aromatic carbocycles. The molecule has 1 unspecified atom stereocenters. The van der Waals surface area contributed by atoms with Gasteiger partial charge in [-0.15, -0.1) is 0 Å². The molecule has 1 aliphatic rings. The van der Waals surface area contributed by atoms with Crippen molar-refractivity contribution >= 4 is 16.6 Å². The zero-order valence-electron chi connectivity index (χ0n) is 8.85. The van der Waals surface area contributed by atoms with Gasteiger partial charge in [-0.1, -0.05) is 0 Å². The Kier molecular flexibility index (Phi) is 2.04. The second kappa shape index (κ2) is 3.42. The number of hydrogen-bond acceptors (Lipinski definition) is 4. The van der Waals surface area contributed by atoms with E-state index in [2.05, 4.69) is 9.97 Å². The summed E-state index contributed by atoms with van der Waals surface area (Å²) in [6, 6.07) is 1.85. The van der Waals surface area contributed by atoms with E-state index < -0.39 is 6.10 Å². The highest BCUT2D eigenvalue weighted by atomic mass is 16.3. The van der Waals surface area contributed by atoms with Gasteiger partial charge in [-0.05, 0) is 25.3 Å². The third kappa shape index (κ3) is 1.27. The molecule has 0 aliphatic heterocycles. The van der Waals surface area contributed by atoms with Crippen molar-refractivity contribution in [2.45, 2.75) is 25.4 Å². The lowest BCUT2D eigenvalue weighted by Gasteiger charge is -2.23. The van der Waals surface area contributed by atoms with Crippen LogP contribution in [-0.2, 0) is 6.42 Å². The first-order chi connectivity index (χ1) is 7.77. The smallest absolute Gasteiger partial charge is 0.0909 e. The number of hydrogen-bond donors (Lipinski definition) is 2. The fourth-order valence-corrected chi connectivity index (χ4v) is 2.38. The molecule has 2 aromatic heterocycles. The number of fused-ring (bicyclic) bond motifs is 2. The molecular formula is C12H13N3O. The van der Waals surface area contributed by atoms with Crippen molar-refractivity contribution < 1.29 is 5.11 Å². The van der Waals surface area contributed by atoms with Crippen LogP contribution in [0, 0.1) is 0 Å². The van der Waals surface area contributed by atoms with Crippen molar-refractivity contribution in [3.63, 3.8) is 0 Å². The maximum absolute atomic E-state index is 9.97. The van der Waals surface area contributed by atoms with Gasteiger partial charge in [0.05, 0.1) is 17.8 Å². The maximum atomic E-state index is 9.97. The summed E-state index contributed by atoms with van der Waals surface area (Å²) in [5, 5.41) is 10.9. The van der Waals surface area contributed by atoms with E-state index in [4.69, 9.17) is 5.73 Å². The molecule has 0 spiro atoms. The van der Waals surface area contributed by atoms with E-state index in [1.807, 2.05) is 6.07 Å². The molecule has 0 radical (unpaired) electrons. The lowest BCUT2D eigenvalue weighted by atomic mass is 9.91. The summed E-state index contributed by atoms with van der Waals surface area (Å²) in [6.07, 6.45) is 5.58. The Labute approximate surface area is 93.1 Å². The highest BCUT2D eigenvalue weighted by Crippen LogP contribution is 2.36. The Bertz CT molecular complexity index is 553. The average Bonchev–Trinajstić information content (AvgIpc) is 2.29.